The Morgan fingerprint density at radius 2 is 1.72 bits per heavy atom. The van der Waals surface area contributed by atoms with E-state index in [9.17, 15) is 20.0 Å². The topological polar surface area (TPSA) is 108 Å². The van der Waals surface area contributed by atoms with Gasteiger partial charge in [-0.3, -0.25) is 9.59 Å². The van der Waals surface area contributed by atoms with Crippen LogP contribution in [0.3, 0.4) is 0 Å². The number of halogens is 1. The van der Waals surface area contributed by atoms with E-state index in [2.05, 4.69) is 0 Å². The Morgan fingerprint density at radius 3 is 2.34 bits per heavy atom. The van der Waals surface area contributed by atoms with Crippen molar-refractivity contribution in [2.75, 3.05) is 0 Å². The molecule has 0 spiro atoms. The predicted molar refractivity (Wildman–Crippen MR) is 119 cm³/mol. The maximum absolute atomic E-state index is 12.5. The van der Waals surface area contributed by atoms with Crippen molar-refractivity contribution in [2.45, 2.75) is 25.4 Å². The van der Waals surface area contributed by atoms with Gasteiger partial charge in [-0.15, -0.1) is 0 Å². The fourth-order valence-electron chi connectivity index (χ4n) is 3.14. The largest absolute Gasteiger partial charge is 0.481 e. The van der Waals surface area contributed by atoms with Crippen LogP contribution in [0.15, 0.2) is 66.7 Å². The molecule has 3 rings (SSSR count). The van der Waals surface area contributed by atoms with Crippen LogP contribution < -0.4 is 4.74 Å². The number of hydrogen-bond donors (Lipinski definition) is 2. The van der Waals surface area contributed by atoms with E-state index < -0.39 is 12.1 Å². The van der Waals surface area contributed by atoms with Gasteiger partial charge in [-0.25, -0.2) is 0 Å². The van der Waals surface area contributed by atoms with E-state index in [-0.39, 0.29) is 30.6 Å². The van der Waals surface area contributed by atoms with Crippen molar-refractivity contribution < 1.29 is 24.5 Å². The minimum atomic E-state index is -0.983. The number of benzene rings is 3. The van der Waals surface area contributed by atoms with Crippen LogP contribution in [0.25, 0.3) is 0 Å². The lowest BCUT2D eigenvalue weighted by Gasteiger charge is -2.11. The van der Waals surface area contributed by atoms with Crippen molar-refractivity contribution >= 4 is 23.4 Å². The van der Waals surface area contributed by atoms with Gasteiger partial charge < -0.3 is 14.9 Å². The number of rotatable bonds is 9. The number of nitriles is 1. The summed E-state index contributed by atoms with van der Waals surface area (Å²) >= 11 is 5.85. The highest BCUT2D eigenvalue weighted by molar-refractivity contribution is 6.30. The number of nitrogens with zero attached hydrogens (tertiary/aromatic N) is 1. The van der Waals surface area contributed by atoms with E-state index in [0.29, 0.717) is 33.2 Å². The molecule has 0 aliphatic rings. The van der Waals surface area contributed by atoms with Gasteiger partial charge in [-0.2, -0.15) is 5.26 Å². The maximum Gasteiger partial charge on any atom is 0.307 e. The number of aliphatic hydroxyl groups is 1. The van der Waals surface area contributed by atoms with Crippen molar-refractivity contribution in [3.63, 3.8) is 0 Å². The molecule has 0 amide bonds. The van der Waals surface area contributed by atoms with Gasteiger partial charge in [0.05, 0.1) is 18.1 Å². The molecule has 3 aromatic carbocycles. The van der Waals surface area contributed by atoms with E-state index in [0.717, 1.165) is 0 Å². The molecule has 0 aliphatic carbocycles. The third-order valence-corrected chi connectivity index (χ3v) is 5.08. The molecule has 7 heteroatoms. The lowest BCUT2D eigenvalue weighted by molar-refractivity contribution is -0.136. The number of carbonyl (C=O) groups excluding carboxylic acids is 1. The van der Waals surface area contributed by atoms with Gasteiger partial charge >= 0.3 is 5.97 Å². The number of carbonyl (C=O) groups is 2. The third-order valence-electron chi connectivity index (χ3n) is 4.82. The molecule has 0 saturated carbocycles. The first-order valence-electron chi connectivity index (χ1n) is 9.85. The molecule has 0 heterocycles. The molecule has 1 atom stereocenters. The van der Waals surface area contributed by atoms with Gasteiger partial charge in [0.2, 0.25) is 0 Å². The zero-order valence-corrected chi connectivity index (χ0v) is 17.7. The molecule has 0 aliphatic heterocycles. The summed E-state index contributed by atoms with van der Waals surface area (Å²) in [7, 11) is 0. The average Bonchev–Trinajstić information content (AvgIpc) is 2.78. The Hall–Kier alpha value is -3.66. The molecule has 3 aromatic rings. The summed E-state index contributed by atoms with van der Waals surface area (Å²) in [6.07, 6.45) is -0.480. The number of aliphatic carboxylic acids is 1. The Labute approximate surface area is 190 Å². The second kappa shape index (κ2) is 10.6. The summed E-state index contributed by atoms with van der Waals surface area (Å²) < 4.78 is 5.73. The Bertz CT molecular complexity index is 1150. The minimum Gasteiger partial charge on any atom is -0.481 e. The maximum atomic E-state index is 12.5. The zero-order valence-electron chi connectivity index (χ0n) is 17.0. The molecule has 0 radical (unpaired) electrons. The monoisotopic (exact) mass is 449 g/mol. The number of Topliss-reactive ketones (excluding diaryl/α,β-unsaturated/α-hetero) is 1. The summed E-state index contributed by atoms with van der Waals surface area (Å²) in [5.41, 5.74) is 1.91. The van der Waals surface area contributed by atoms with Gasteiger partial charge in [0.15, 0.2) is 5.78 Å². The highest BCUT2D eigenvalue weighted by atomic mass is 35.5. The molecule has 0 bridgehead atoms. The predicted octanol–water partition coefficient (Wildman–Crippen LogP) is 5.33. The van der Waals surface area contributed by atoms with E-state index in [1.54, 1.807) is 60.7 Å². The van der Waals surface area contributed by atoms with Crippen LogP contribution in [0.4, 0.5) is 0 Å². The van der Waals surface area contributed by atoms with Crippen LogP contribution in [0.1, 0.15) is 46.0 Å². The smallest absolute Gasteiger partial charge is 0.307 e. The molecule has 162 valence electrons. The van der Waals surface area contributed by atoms with Gasteiger partial charge in [0, 0.05) is 17.0 Å². The molecule has 0 aromatic heterocycles. The van der Waals surface area contributed by atoms with Crippen LogP contribution >= 0.6 is 11.6 Å². The SMILES string of the molecule is N#Cc1cc(CC(=O)O)ccc1Oc1ccc(C(=O)CCC(O)c2ccc(Cl)cc2)cc1. The number of ketones is 1. The molecular weight excluding hydrogens is 430 g/mol. The lowest BCUT2D eigenvalue weighted by Crippen LogP contribution is -2.04. The molecule has 2 N–H and O–H groups in total. The molecule has 0 fully saturated rings. The molecule has 0 saturated heterocycles. The van der Waals surface area contributed by atoms with E-state index >= 15 is 0 Å². The quantitative estimate of drug-likeness (QED) is 0.427. The number of carboxylic acids is 1. The highest BCUT2D eigenvalue weighted by Crippen LogP contribution is 2.27. The van der Waals surface area contributed by atoms with E-state index in [1.807, 2.05) is 6.07 Å². The fraction of sp³-hybridized carbons (Fsp3) is 0.160. The first-order chi connectivity index (χ1) is 15.4. The van der Waals surface area contributed by atoms with E-state index in [1.165, 1.54) is 6.07 Å². The Morgan fingerprint density at radius 1 is 1.03 bits per heavy atom. The summed E-state index contributed by atoms with van der Waals surface area (Å²) in [5.74, 6) is -0.360. The van der Waals surface area contributed by atoms with Crippen molar-refractivity contribution in [2.24, 2.45) is 0 Å². The second-order valence-corrected chi connectivity index (χ2v) is 7.60. The first-order valence-corrected chi connectivity index (χ1v) is 10.2. The second-order valence-electron chi connectivity index (χ2n) is 7.17. The standard InChI is InChI=1S/C25H20ClNO5/c26-20-6-2-17(3-7-20)22(28)10-11-23(29)18-4-8-21(9-5-18)32-24-12-1-16(14-25(30)31)13-19(24)15-27/h1-9,12-13,22,28H,10-11,14H2,(H,30,31). The number of ether oxygens (including phenoxy) is 1. The van der Waals surface area contributed by atoms with Crippen molar-refractivity contribution in [3.05, 3.63) is 94.0 Å². The van der Waals surface area contributed by atoms with Gasteiger partial charge in [0.1, 0.15) is 17.6 Å². The molecular formula is C25H20ClNO5. The molecule has 32 heavy (non-hydrogen) atoms. The van der Waals surface area contributed by atoms with Crippen LogP contribution in [0.5, 0.6) is 11.5 Å². The van der Waals surface area contributed by atoms with Gasteiger partial charge in [-0.05, 0) is 66.1 Å². The normalized spacial score (nSPS) is 11.4. The first kappa shape index (κ1) is 23.0. The van der Waals surface area contributed by atoms with Gasteiger partial charge in [-0.1, -0.05) is 29.8 Å². The Kier molecular flexibility index (Phi) is 7.61. The fourth-order valence-corrected chi connectivity index (χ4v) is 3.26. The van der Waals surface area contributed by atoms with Crippen LogP contribution in [-0.2, 0) is 11.2 Å². The van der Waals surface area contributed by atoms with E-state index in [4.69, 9.17) is 21.4 Å². The summed E-state index contributed by atoms with van der Waals surface area (Å²) in [4.78, 5) is 23.3. The Balaban J connectivity index is 1.61. The average molecular weight is 450 g/mol. The van der Waals surface area contributed by atoms with Crippen LogP contribution in [0.2, 0.25) is 5.02 Å². The lowest BCUT2D eigenvalue weighted by atomic mass is 10.0. The zero-order chi connectivity index (χ0) is 23.1. The van der Waals surface area contributed by atoms with Crippen molar-refractivity contribution in [3.8, 4) is 17.6 Å². The molecule has 6 nitrogen and oxygen atoms in total. The third kappa shape index (κ3) is 6.17. The van der Waals surface area contributed by atoms with Crippen molar-refractivity contribution in [1.29, 1.82) is 5.26 Å². The molecule has 1 unspecified atom stereocenters. The number of aliphatic hydroxyl groups excluding tert-OH is 1. The van der Waals surface area contributed by atoms with Gasteiger partial charge in [0.25, 0.3) is 0 Å². The van der Waals surface area contributed by atoms with Crippen LogP contribution in [0, 0.1) is 11.3 Å². The highest BCUT2D eigenvalue weighted by Gasteiger charge is 2.13. The van der Waals surface area contributed by atoms with Crippen molar-refractivity contribution in [1.82, 2.24) is 0 Å². The number of hydrogen-bond acceptors (Lipinski definition) is 5. The minimum absolute atomic E-state index is 0.111. The van der Waals surface area contributed by atoms with Crippen LogP contribution in [-0.4, -0.2) is 22.0 Å². The summed E-state index contributed by atoms with van der Waals surface area (Å²) in [5, 5.41) is 29.0. The summed E-state index contributed by atoms with van der Waals surface area (Å²) in [6.45, 7) is 0. The number of carboxylic acid groups (broad SMARTS) is 1. The summed E-state index contributed by atoms with van der Waals surface area (Å²) in [6, 6.07) is 19.9.